The van der Waals surface area contributed by atoms with Crippen molar-refractivity contribution in [3.8, 4) is 0 Å². The molecule has 1 heterocycles. The fourth-order valence-corrected chi connectivity index (χ4v) is 4.11. The quantitative estimate of drug-likeness (QED) is 0.724. The van der Waals surface area contributed by atoms with Crippen LogP contribution in [0.5, 0.6) is 0 Å². The highest BCUT2D eigenvalue weighted by atomic mass is 16.5. The van der Waals surface area contributed by atoms with Crippen LogP contribution in [0.3, 0.4) is 0 Å². The van der Waals surface area contributed by atoms with Crippen molar-refractivity contribution in [2.24, 2.45) is 0 Å². The molecule has 0 spiro atoms. The summed E-state index contributed by atoms with van der Waals surface area (Å²) in [7, 11) is 4.26. The van der Waals surface area contributed by atoms with E-state index in [2.05, 4.69) is 67.7 Å². The van der Waals surface area contributed by atoms with Crippen molar-refractivity contribution in [2.75, 3.05) is 27.2 Å². The van der Waals surface area contributed by atoms with Gasteiger partial charge >= 0.3 is 0 Å². The molecule has 2 heteroatoms. The molecular weight excluding hydrogens is 282 g/mol. The first-order valence-corrected chi connectivity index (χ1v) is 8.71. The number of methoxy groups -OCH3 is 1. The minimum atomic E-state index is 0.0849. The van der Waals surface area contributed by atoms with Crippen molar-refractivity contribution in [1.82, 2.24) is 0 Å². The zero-order valence-corrected chi connectivity index (χ0v) is 14.3. The third kappa shape index (κ3) is 3.49. The van der Waals surface area contributed by atoms with Gasteiger partial charge in [0, 0.05) is 12.7 Å². The average molecular weight is 310 g/mol. The Bertz CT molecular complexity index is 590. The molecule has 0 unspecified atom stereocenters. The summed E-state index contributed by atoms with van der Waals surface area (Å²) in [6.07, 6.45) is 4.07. The highest BCUT2D eigenvalue weighted by Gasteiger charge is 2.41. The molecule has 1 aliphatic heterocycles. The van der Waals surface area contributed by atoms with Crippen LogP contribution < -0.4 is 0 Å². The van der Waals surface area contributed by atoms with Gasteiger partial charge in [0.1, 0.15) is 12.1 Å². The Balaban J connectivity index is 2.04. The smallest absolute Gasteiger partial charge is 0.145 e. The second kappa shape index (κ2) is 7.29. The number of likely N-dealkylation sites (tertiary alicyclic amines) is 1. The predicted octanol–water partition coefficient (Wildman–Crippen LogP) is 4.75. The van der Waals surface area contributed by atoms with Crippen LogP contribution in [0.1, 0.15) is 42.5 Å². The molecule has 23 heavy (non-hydrogen) atoms. The number of likely N-dealkylation sites (N-methyl/N-ethyl adjacent to an activating group) is 1. The Labute approximate surface area is 140 Å². The van der Waals surface area contributed by atoms with Crippen LogP contribution in [-0.4, -0.2) is 31.7 Å². The fraction of sp³-hybridized carbons (Fsp3) is 0.429. The van der Waals surface area contributed by atoms with E-state index in [1.54, 1.807) is 0 Å². The lowest BCUT2D eigenvalue weighted by atomic mass is 9.90. The van der Waals surface area contributed by atoms with Crippen molar-refractivity contribution < 1.29 is 9.22 Å². The van der Waals surface area contributed by atoms with Gasteiger partial charge in [-0.15, -0.1) is 0 Å². The molecule has 2 aromatic rings. The Morgan fingerprint density at radius 3 is 1.83 bits per heavy atom. The van der Waals surface area contributed by atoms with Gasteiger partial charge in [0.15, 0.2) is 0 Å². The molecule has 0 saturated carbocycles. The molecular formula is C21H28NO+. The van der Waals surface area contributed by atoms with Crippen LogP contribution in [0.4, 0.5) is 0 Å². The first-order valence-electron chi connectivity index (χ1n) is 8.71. The zero-order valence-electron chi connectivity index (χ0n) is 14.3. The van der Waals surface area contributed by atoms with E-state index in [9.17, 15) is 0 Å². The molecule has 1 aliphatic rings. The highest BCUT2D eigenvalue weighted by Crippen LogP contribution is 2.42. The number of piperidine rings is 1. The monoisotopic (exact) mass is 310 g/mol. The van der Waals surface area contributed by atoms with Crippen molar-refractivity contribution in [3.05, 3.63) is 71.8 Å². The van der Waals surface area contributed by atoms with Gasteiger partial charge in [-0.05, 0) is 24.8 Å². The zero-order chi connectivity index (χ0) is 16.1. The molecule has 0 amide bonds. The van der Waals surface area contributed by atoms with E-state index in [1.807, 2.05) is 7.11 Å². The van der Waals surface area contributed by atoms with Crippen LogP contribution in [0.15, 0.2) is 60.7 Å². The van der Waals surface area contributed by atoms with Gasteiger partial charge in [0.25, 0.3) is 0 Å². The molecule has 0 radical (unpaired) electrons. The van der Waals surface area contributed by atoms with Crippen LogP contribution in [0, 0.1) is 0 Å². The summed E-state index contributed by atoms with van der Waals surface area (Å²) in [6, 6.07) is 21.9. The van der Waals surface area contributed by atoms with E-state index in [4.69, 9.17) is 4.74 Å². The SMILES string of the molecule is CO[C@@H](c1ccccc1)[C@H](c1ccccc1)[N+]1(C)CCCCC1. The van der Waals surface area contributed by atoms with Crippen molar-refractivity contribution in [1.29, 1.82) is 0 Å². The van der Waals surface area contributed by atoms with E-state index >= 15 is 0 Å². The maximum atomic E-state index is 6.06. The lowest BCUT2D eigenvalue weighted by Crippen LogP contribution is -2.52. The number of quaternary nitrogens is 1. The van der Waals surface area contributed by atoms with Crippen LogP contribution >= 0.6 is 0 Å². The summed E-state index contributed by atoms with van der Waals surface area (Å²) in [6.45, 7) is 2.46. The fourth-order valence-electron chi connectivity index (χ4n) is 4.11. The topological polar surface area (TPSA) is 9.23 Å². The summed E-state index contributed by atoms with van der Waals surface area (Å²) >= 11 is 0. The Kier molecular flexibility index (Phi) is 5.14. The second-order valence-electron chi connectivity index (χ2n) is 6.91. The maximum Gasteiger partial charge on any atom is 0.145 e. The van der Waals surface area contributed by atoms with Gasteiger partial charge in [0.05, 0.1) is 20.1 Å². The number of hydrogen-bond acceptors (Lipinski definition) is 1. The molecule has 0 aromatic heterocycles. The molecule has 0 N–H and O–H groups in total. The maximum absolute atomic E-state index is 6.06. The summed E-state index contributed by atoms with van der Waals surface area (Å²) in [5, 5.41) is 0. The standard InChI is InChI=1S/C21H28NO/c1-22(16-10-5-11-17-22)20(18-12-6-3-7-13-18)21(23-2)19-14-8-4-9-15-19/h3-4,6-9,12-15,20-21H,5,10-11,16-17H2,1-2H3/q+1/t20-,21-/m0/s1. The van der Waals surface area contributed by atoms with E-state index in [1.165, 1.54) is 43.5 Å². The lowest BCUT2D eigenvalue weighted by Gasteiger charge is -2.47. The molecule has 2 atom stereocenters. The van der Waals surface area contributed by atoms with Crippen LogP contribution in [0.2, 0.25) is 0 Å². The normalized spacial score (nSPS) is 19.9. The third-order valence-corrected chi connectivity index (χ3v) is 5.32. The van der Waals surface area contributed by atoms with Gasteiger partial charge in [-0.25, -0.2) is 0 Å². The van der Waals surface area contributed by atoms with Gasteiger partial charge in [-0.3, -0.25) is 0 Å². The van der Waals surface area contributed by atoms with Gasteiger partial charge in [0.2, 0.25) is 0 Å². The van der Waals surface area contributed by atoms with E-state index < -0.39 is 0 Å². The van der Waals surface area contributed by atoms with Crippen molar-refractivity contribution >= 4 is 0 Å². The number of benzene rings is 2. The molecule has 0 aliphatic carbocycles. The van der Waals surface area contributed by atoms with Gasteiger partial charge in [-0.1, -0.05) is 60.7 Å². The first kappa shape index (κ1) is 16.2. The molecule has 1 fully saturated rings. The molecule has 0 bridgehead atoms. The van der Waals surface area contributed by atoms with Crippen molar-refractivity contribution in [3.63, 3.8) is 0 Å². The number of rotatable bonds is 5. The van der Waals surface area contributed by atoms with Crippen LogP contribution in [0.25, 0.3) is 0 Å². The van der Waals surface area contributed by atoms with Crippen LogP contribution in [-0.2, 0) is 4.74 Å². The predicted molar refractivity (Wildman–Crippen MR) is 95.1 cm³/mol. The largest absolute Gasteiger partial charge is 0.370 e. The summed E-state index contributed by atoms with van der Waals surface area (Å²) in [5.41, 5.74) is 2.65. The van der Waals surface area contributed by atoms with Crippen molar-refractivity contribution in [2.45, 2.75) is 31.4 Å². The number of hydrogen-bond donors (Lipinski definition) is 0. The van der Waals surface area contributed by atoms with Gasteiger partial charge in [-0.2, -0.15) is 0 Å². The highest BCUT2D eigenvalue weighted by molar-refractivity contribution is 5.25. The molecule has 3 rings (SSSR count). The summed E-state index contributed by atoms with van der Waals surface area (Å²) in [4.78, 5) is 0. The Morgan fingerprint density at radius 1 is 0.783 bits per heavy atom. The Morgan fingerprint density at radius 2 is 1.30 bits per heavy atom. The minimum Gasteiger partial charge on any atom is -0.370 e. The van der Waals surface area contributed by atoms with E-state index in [0.717, 1.165) is 4.48 Å². The summed E-state index contributed by atoms with van der Waals surface area (Å²) < 4.78 is 7.12. The second-order valence-corrected chi connectivity index (χ2v) is 6.91. The molecule has 122 valence electrons. The number of ether oxygens (including phenoxy) is 1. The van der Waals surface area contributed by atoms with Gasteiger partial charge < -0.3 is 9.22 Å². The first-order chi connectivity index (χ1) is 11.2. The number of nitrogens with zero attached hydrogens (tertiary/aromatic N) is 1. The lowest BCUT2D eigenvalue weighted by molar-refractivity contribution is -0.948. The average Bonchev–Trinajstić information content (AvgIpc) is 2.61. The minimum absolute atomic E-state index is 0.0849. The Hall–Kier alpha value is -1.64. The molecule has 1 saturated heterocycles. The molecule has 2 nitrogen and oxygen atoms in total. The van der Waals surface area contributed by atoms with E-state index in [-0.39, 0.29) is 6.10 Å². The third-order valence-electron chi connectivity index (χ3n) is 5.32. The van der Waals surface area contributed by atoms with E-state index in [0.29, 0.717) is 6.04 Å². The summed E-state index contributed by atoms with van der Waals surface area (Å²) in [5.74, 6) is 0. The molecule has 2 aromatic carbocycles.